The Bertz CT molecular complexity index is 1340. The summed E-state index contributed by atoms with van der Waals surface area (Å²) in [5.74, 6) is -0.384. The molecular formula is C27H30FN3O5. The van der Waals surface area contributed by atoms with Crippen molar-refractivity contribution >= 4 is 17.5 Å². The van der Waals surface area contributed by atoms with Crippen LogP contribution in [0.5, 0.6) is 5.75 Å². The van der Waals surface area contributed by atoms with Crippen molar-refractivity contribution in [2.75, 3.05) is 18.5 Å². The summed E-state index contributed by atoms with van der Waals surface area (Å²) in [7, 11) is 0. The molecular weight excluding hydrogens is 465 g/mol. The van der Waals surface area contributed by atoms with Crippen LogP contribution in [-0.2, 0) is 27.8 Å². The van der Waals surface area contributed by atoms with E-state index < -0.39 is 23.3 Å². The Labute approximate surface area is 208 Å². The second-order valence-electron chi connectivity index (χ2n) is 9.82. The number of carbonyl (C=O) groups is 2. The first kappa shape index (κ1) is 25.2. The van der Waals surface area contributed by atoms with Crippen molar-refractivity contribution in [3.8, 4) is 5.75 Å². The third-order valence-corrected chi connectivity index (χ3v) is 6.17. The lowest BCUT2D eigenvalue weighted by Gasteiger charge is -2.36. The number of rotatable bonds is 6. The summed E-state index contributed by atoms with van der Waals surface area (Å²) in [6.07, 6.45) is 0.349. The van der Waals surface area contributed by atoms with E-state index in [2.05, 4.69) is 10.5 Å². The molecule has 2 amide bonds. The van der Waals surface area contributed by atoms with Gasteiger partial charge in [-0.05, 0) is 59.7 Å². The van der Waals surface area contributed by atoms with Crippen molar-refractivity contribution in [2.24, 2.45) is 0 Å². The van der Waals surface area contributed by atoms with Gasteiger partial charge in [-0.15, -0.1) is 0 Å². The van der Waals surface area contributed by atoms with Crippen LogP contribution < -0.4 is 15.6 Å². The highest BCUT2D eigenvalue weighted by atomic mass is 19.1. The molecule has 0 bridgehead atoms. The molecule has 190 valence electrons. The van der Waals surface area contributed by atoms with E-state index >= 15 is 0 Å². The predicted octanol–water partition coefficient (Wildman–Crippen LogP) is 4.11. The second-order valence-corrected chi connectivity index (χ2v) is 9.82. The molecule has 0 radical (unpaired) electrons. The van der Waals surface area contributed by atoms with E-state index in [9.17, 15) is 18.8 Å². The Morgan fingerprint density at radius 1 is 1.19 bits per heavy atom. The maximum absolute atomic E-state index is 14.8. The van der Waals surface area contributed by atoms with E-state index in [4.69, 9.17) is 9.26 Å². The second kappa shape index (κ2) is 10.0. The average molecular weight is 496 g/mol. The van der Waals surface area contributed by atoms with Crippen LogP contribution in [0, 0.1) is 5.82 Å². The number of benzene rings is 2. The van der Waals surface area contributed by atoms with Gasteiger partial charge in [-0.1, -0.05) is 32.9 Å². The number of hydrogen-bond acceptors (Lipinski definition) is 5. The van der Waals surface area contributed by atoms with Crippen LogP contribution in [0.2, 0.25) is 0 Å². The highest BCUT2D eigenvalue weighted by Gasteiger charge is 2.36. The first-order valence-corrected chi connectivity index (χ1v) is 11.9. The molecule has 9 heteroatoms. The number of fused-ring (bicyclic) bond motifs is 1. The van der Waals surface area contributed by atoms with Gasteiger partial charge >= 0.3 is 0 Å². The lowest BCUT2D eigenvalue weighted by Crippen LogP contribution is -2.46. The normalized spacial score (nSPS) is 15.4. The smallest absolute Gasteiger partial charge is 0.280 e. The van der Waals surface area contributed by atoms with Crippen molar-refractivity contribution in [1.29, 1.82) is 0 Å². The van der Waals surface area contributed by atoms with Crippen molar-refractivity contribution < 1.29 is 23.2 Å². The molecule has 1 atom stereocenters. The van der Waals surface area contributed by atoms with Crippen LogP contribution in [0.4, 0.5) is 10.1 Å². The zero-order valence-electron chi connectivity index (χ0n) is 20.8. The molecule has 0 aliphatic carbocycles. The molecule has 0 saturated heterocycles. The van der Waals surface area contributed by atoms with Crippen molar-refractivity contribution in [3.05, 3.63) is 81.1 Å². The van der Waals surface area contributed by atoms with Crippen LogP contribution in [0.3, 0.4) is 0 Å². The summed E-state index contributed by atoms with van der Waals surface area (Å²) in [5.41, 5.74) is 1.57. The molecule has 1 aromatic heterocycles. The molecule has 3 aromatic rings. The topological polar surface area (TPSA) is 105 Å². The Morgan fingerprint density at radius 2 is 1.97 bits per heavy atom. The monoisotopic (exact) mass is 495 g/mol. The van der Waals surface area contributed by atoms with E-state index in [1.165, 1.54) is 17.0 Å². The van der Waals surface area contributed by atoms with Gasteiger partial charge in [0, 0.05) is 18.3 Å². The summed E-state index contributed by atoms with van der Waals surface area (Å²) >= 11 is 0. The number of aromatic amines is 1. The molecule has 0 fully saturated rings. The number of H-pyrrole nitrogens is 1. The van der Waals surface area contributed by atoms with Crippen LogP contribution in [0.25, 0.3) is 0 Å². The fourth-order valence-electron chi connectivity index (χ4n) is 4.48. The minimum absolute atomic E-state index is 0.177. The van der Waals surface area contributed by atoms with E-state index in [0.717, 1.165) is 5.56 Å². The number of carbonyl (C=O) groups excluding carboxylic acids is 2. The third kappa shape index (κ3) is 5.35. The van der Waals surface area contributed by atoms with Gasteiger partial charge in [-0.3, -0.25) is 14.4 Å². The molecule has 1 aliphatic heterocycles. The van der Waals surface area contributed by atoms with Crippen molar-refractivity contribution in [1.82, 2.24) is 10.1 Å². The average Bonchev–Trinajstić information content (AvgIpc) is 3.21. The lowest BCUT2D eigenvalue weighted by molar-refractivity contribution is -0.139. The van der Waals surface area contributed by atoms with Crippen LogP contribution in [0.15, 0.2) is 51.8 Å². The van der Waals surface area contributed by atoms with E-state index in [0.29, 0.717) is 35.6 Å². The number of nitrogens with one attached hydrogen (secondary N) is 2. The summed E-state index contributed by atoms with van der Waals surface area (Å²) in [6, 6.07) is 10.3. The molecule has 0 unspecified atom stereocenters. The van der Waals surface area contributed by atoms with Crippen molar-refractivity contribution in [3.63, 3.8) is 0 Å². The maximum Gasteiger partial charge on any atom is 0.280 e. The Hall–Kier alpha value is -3.88. The summed E-state index contributed by atoms with van der Waals surface area (Å²) in [4.78, 5) is 39.7. The van der Waals surface area contributed by atoms with Gasteiger partial charge in [-0.2, -0.15) is 5.16 Å². The standard InChI is InChI=1S/C27H30FN3O5/c1-5-35-18-7-8-20-16(12-18)10-11-31(24(33)15-19-14-23(32)30-36-19)25(20)26(34)29-17-6-9-21(22(28)13-17)27(2,3)4/h6-9,12-14,25H,5,10-11,15H2,1-4H3,(H,29,34)(H,30,32)/t25-/m1/s1. The summed E-state index contributed by atoms with van der Waals surface area (Å²) < 4.78 is 25.4. The molecule has 36 heavy (non-hydrogen) atoms. The van der Waals surface area contributed by atoms with Crippen LogP contribution in [0.1, 0.15) is 56.2 Å². The molecule has 0 spiro atoms. The first-order valence-electron chi connectivity index (χ1n) is 11.9. The quantitative estimate of drug-likeness (QED) is 0.536. The van der Waals surface area contributed by atoms with E-state index in [1.54, 1.807) is 24.3 Å². The number of amides is 2. The highest BCUT2D eigenvalue weighted by molar-refractivity contribution is 5.98. The van der Waals surface area contributed by atoms with Crippen LogP contribution in [-0.4, -0.2) is 35.0 Å². The minimum Gasteiger partial charge on any atom is -0.494 e. The van der Waals surface area contributed by atoms with Gasteiger partial charge in [-0.25, -0.2) is 4.39 Å². The molecule has 1 aliphatic rings. The number of ether oxygens (including phenoxy) is 1. The minimum atomic E-state index is -0.951. The number of hydrogen-bond donors (Lipinski definition) is 2. The zero-order chi connectivity index (χ0) is 26.0. The van der Waals surface area contributed by atoms with Gasteiger partial charge in [0.25, 0.3) is 11.5 Å². The number of aromatic nitrogens is 1. The van der Waals surface area contributed by atoms with Crippen LogP contribution >= 0.6 is 0 Å². The fraction of sp³-hybridized carbons (Fsp3) is 0.370. The molecule has 2 aromatic carbocycles. The van der Waals surface area contributed by atoms with Gasteiger partial charge in [0.05, 0.1) is 13.0 Å². The van der Waals surface area contributed by atoms with Gasteiger partial charge < -0.3 is 19.5 Å². The molecule has 2 heterocycles. The van der Waals surface area contributed by atoms with Gasteiger partial charge in [0.2, 0.25) is 5.91 Å². The number of halogens is 1. The van der Waals surface area contributed by atoms with E-state index in [-0.39, 0.29) is 30.0 Å². The third-order valence-electron chi connectivity index (χ3n) is 6.17. The largest absolute Gasteiger partial charge is 0.494 e. The van der Waals surface area contributed by atoms with Gasteiger partial charge in [0.1, 0.15) is 23.4 Å². The fourth-order valence-corrected chi connectivity index (χ4v) is 4.48. The summed E-state index contributed by atoms with van der Waals surface area (Å²) in [6.45, 7) is 8.41. The summed E-state index contributed by atoms with van der Waals surface area (Å²) in [5, 5.41) is 4.95. The Kier molecular flexibility index (Phi) is 7.01. The van der Waals surface area contributed by atoms with E-state index in [1.807, 2.05) is 33.8 Å². The predicted molar refractivity (Wildman–Crippen MR) is 133 cm³/mol. The maximum atomic E-state index is 14.8. The number of nitrogens with zero attached hydrogens (tertiary/aromatic N) is 1. The zero-order valence-corrected chi connectivity index (χ0v) is 20.8. The Balaban J connectivity index is 1.65. The lowest BCUT2D eigenvalue weighted by atomic mass is 9.86. The highest BCUT2D eigenvalue weighted by Crippen LogP contribution is 2.34. The molecule has 8 nitrogen and oxygen atoms in total. The van der Waals surface area contributed by atoms with Gasteiger partial charge in [0.15, 0.2) is 0 Å². The molecule has 0 saturated carbocycles. The van der Waals surface area contributed by atoms with Crippen molar-refractivity contribution in [2.45, 2.75) is 52.0 Å². The number of anilines is 1. The SMILES string of the molecule is CCOc1ccc2c(c1)CCN(C(=O)Cc1cc(=O)[nH]o1)[C@H]2C(=O)Nc1ccc(C(C)(C)C)c(F)c1. The Morgan fingerprint density at radius 3 is 2.61 bits per heavy atom. The first-order chi connectivity index (χ1) is 17.1. The molecule has 4 rings (SSSR count). The molecule has 2 N–H and O–H groups in total.